The van der Waals surface area contributed by atoms with Crippen LogP contribution in [0.3, 0.4) is 0 Å². The zero-order valence-corrected chi connectivity index (χ0v) is 4.48. The SMILES string of the molecule is [2H]C1CC(C(C)=O)C1. The van der Waals surface area contributed by atoms with Gasteiger partial charge in [-0.25, -0.2) is 0 Å². The van der Waals surface area contributed by atoms with Gasteiger partial charge in [-0.15, -0.1) is 0 Å². The maximum atomic E-state index is 10.5. The Balaban J connectivity index is 2.25. The molecule has 0 atom stereocenters. The second-order valence-corrected chi connectivity index (χ2v) is 2.07. The van der Waals surface area contributed by atoms with Gasteiger partial charge in [0.25, 0.3) is 0 Å². The van der Waals surface area contributed by atoms with E-state index in [1.165, 1.54) is 0 Å². The lowest BCUT2D eigenvalue weighted by Gasteiger charge is -2.21. The quantitative estimate of drug-likeness (QED) is 0.485. The average Bonchev–Trinajstić information content (AvgIpc) is 1.57. The van der Waals surface area contributed by atoms with E-state index in [4.69, 9.17) is 1.37 Å². The van der Waals surface area contributed by atoms with Crippen LogP contribution in [-0.4, -0.2) is 5.78 Å². The summed E-state index contributed by atoms with van der Waals surface area (Å²) in [6, 6.07) is 0. The number of hydrogen-bond acceptors (Lipinski definition) is 1. The molecular weight excluding hydrogens is 88.1 g/mol. The first kappa shape index (κ1) is 3.65. The lowest BCUT2D eigenvalue weighted by atomic mass is 9.83. The molecule has 0 N–H and O–H groups in total. The van der Waals surface area contributed by atoms with Crippen LogP contribution in [0.2, 0.25) is 0 Å². The monoisotopic (exact) mass is 99.1 g/mol. The largest absolute Gasteiger partial charge is 0.300 e. The lowest BCUT2D eigenvalue weighted by molar-refractivity contribution is -0.122. The molecule has 0 unspecified atom stereocenters. The van der Waals surface area contributed by atoms with Crippen LogP contribution in [0.1, 0.15) is 27.5 Å². The number of carbonyl (C=O) groups excluding carboxylic acids is 1. The molecule has 0 radical (unpaired) electrons. The minimum atomic E-state index is 0.0592. The average molecular weight is 99.2 g/mol. The molecule has 0 spiro atoms. The highest BCUT2D eigenvalue weighted by Crippen LogP contribution is 2.26. The summed E-state index contributed by atoms with van der Waals surface area (Å²) in [6.45, 7) is 1.61. The first-order valence-corrected chi connectivity index (χ1v) is 2.63. The third kappa shape index (κ3) is 0.817. The van der Waals surface area contributed by atoms with Gasteiger partial charge >= 0.3 is 0 Å². The van der Waals surface area contributed by atoms with Crippen LogP contribution in [0.4, 0.5) is 0 Å². The molecule has 0 bridgehead atoms. The second-order valence-electron chi connectivity index (χ2n) is 2.07. The smallest absolute Gasteiger partial charge is 0.132 e. The fraction of sp³-hybridized carbons (Fsp3) is 0.833. The van der Waals surface area contributed by atoms with Crippen molar-refractivity contribution >= 4 is 5.78 Å². The number of Topliss-reactive ketones (excluding diaryl/α,β-unsaturated/α-hetero) is 1. The summed E-state index contributed by atoms with van der Waals surface area (Å²) in [4.78, 5) is 10.5. The van der Waals surface area contributed by atoms with E-state index in [0.29, 0.717) is 0 Å². The van der Waals surface area contributed by atoms with Crippen molar-refractivity contribution in [3.05, 3.63) is 0 Å². The second kappa shape index (κ2) is 1.65. The Labute approximate surface area is 45.1 Å². The molecule has 1 nitrogen and oxygen atoms in total. The van der Waals surface area contributed by atoms with Crippen molar-refractivity contribution < 1.29 is 6.17 Å². The molecular formula is C6H10O. The zero-order valence-electron chi connectivity index (χ0n) is 5.48. The molecule has 40 valence electrons. The number of rotatable bonds is 1. The summed E-state index contributed by atoms with van der Waals surface area (Å²) in [5.74, 6) is 0.492. The molecule has 0 aromatic rings. The van der Waals surface area contributed by atoms with Crippen molar-refractivity contribution in [2.45, 2.75) is 26.2 Å². The summed E-state index contributed by atoms with van der Waals surface area (Å²) in [6.07, 6.45) is 1.66. The van der Waals surface area contributed by atoms with Gasteiger partial charge in [-0.2, -0.15) is 0 Å². The van der Waals surface area contributed by atoms with Crippen molar-refractivity contribution in [3.8, 4) is 0 Å². The van der Waals surface area contributed by atoms with Gasteiger partial charge in [0.15, 0.2) is 0 Å². The Kier molecular flexibility index (Phi) is 0.857. The highest BCUT2D eigenvalue weighted by molar-refractivity contribution is 5.78. The van der Waals surface area contributed by atoms with Gasteiger partial charge in [0, 0.05) is 7.29 Å². The molecule has 0 aromatic carbocycles. The van der Waals surface area contributed by atoms with Gasteiger partial charge in [0.05, 0.1) is 0 Å². The molecule has 0 amide bonds. The Morgan fingerprint density at radius 2 is 2.43 bits per heavy atom. The Hall–Kier alpha value is -0.330. The van der Waals surface area contributed by atoms with E-state index in [1.807, 2.05) is 0 Å². The molecule has 7 heavy (non-hydrogen) atoms. The third-order valence-electron chi connectivity index (χ3n) is 1.48. The van der Waals surface area contributed by atoms with Gasteiger partial charge in [-0.05, 0) is 19.8 Å². The van der Waals surface area contributed by atoms with E-state index in [1.54, 1.807) is 6.92 Å². The number of hydrogen-bond donors (Lipinski definition) is 0. The van der Waals surface area contributed by atoms with Crippen molar-refractivity contribution in [1.29, 1.82) is 0 Å². The highest BCUT2D eigenvalue weighted by atomic mass is 16.1. The lowest BCUT2D eigenvalue weighted by Crippen LogP contribution is -2.18. The molecule has 0 heterocycles. The zero-order chi connectivity index (χ0) is 6.15. The fourth-order valence-corrected chi connectivity index (χ4v) is 0.665. The third-order valence-corrected chi connectivity index (χ3v) is 1.48. The van der Waals surface area contributed by atoms with E-state index < -0.39 is 0 Å². The van der Waals surface area contributed by atoms with Crippen LogP contribution in [0.5, 0.6) is 0 Å². The van der Waals surface area contributed by atoms with Gasteiger partial charge < -0.3 is 0 Å². The number of ketones is 1. The van der Waals surface area contributed by atoms with Crippen molar-refractivity contribution in [1.82, 2.24) is 0 Å². The molecule has 1 heteroatoms. The minimum Gasteiger partial charge on any atom is -0.300 e. The Bertz CT molecular complexity index is 105. The summed E-state index contributed by atoms with van der Waals surface area (Å²) >= 11 is 0. The highest BCUT2D eigenvalue weighted by Gasteiger charge is 2.20. The summed E-state index contributed by atoms with van der Waals surface area (Å²) in [7, 11) is 0. The Morgan fingerprint density at radius 1 is 1.86 bits per heavy atom. The van der Waals surface area contributed by atoms with E-state index in [9.17, 15) is 4.79 Å². The Morgan fingerprint density at radius 3 is 2.57 bits per heavy atom. The van der Waals surface area contributed by atoms with Gasteiger partial charge in [0.1, 0.15) is 5.78 Å². The van der Waals surface area contributed by atoms with E-state index in [0.717, 1.165) is 12.8 Å². The molecule has 1 saturated carbocycles. The van der Waals surface area contributed by atoms with E-state index >= 15 is 0 Å². The normalized spacial score (nSPS) is 41.6. The van der Waals surface area contributed by atoms with Crippen LogP contribution in [0, 0.1) is 5.92 Å². The topological polar surface area (TPSA) is 17.1 Å². The predicted molar refractivity (Wildman–Crippen MR) is 28.0 cm³/mol. The van der Waals surface area contributed by atoms with Gasteiger partial charge in [-0.3, -0.25) is 4.79 Å². The van der Waals surface area contributed by atoms with Crippen LogP contribution in [-0.2, 0) is 4.79 Å². The van der Waals surface area contributed by atoms with Crippen LogP contribution in [0.15, 0.2) is 0 Å². The molecule has 0 aliphatic heterocycles. The minimum absolute atomic E-state index is 0.0592. The summed E-state index contributed by atoms with van der Waals surface area (Å²) < 4.78 is 7.08. The maximum Gasteiger partial charge on any atom is 0.132 e. The van der Waals surface area contributed by atoms with Crippen molar-refractivity contribution in [2.75, 3.05) is 0 Å². The van der Waals surface area contributed by atoms with Crippen LogP contribution in [0.25, 0.3) is 0 Å². The van der Waals surface area contributed by atoms with Crippen molar-refractivity contribution in [2.24, 2.45) is 5.92 Å². The maximum absolute atomic E-state index is 10.5. The molecule has 1 aliphatic rings. The van der Waals surface area contributed by atoms with Gasteiger partial charge in [0.2, 0.25) is 0 Å². The standard InChI is InChI=1S/C6H10O/c1-5(7)6-3-2-4-6/h6H,2-4H2,1H3/i2D. The molecule has 1 fully saturated rings. The molecule has 0 aromatic heterocycles. The fourth-order valence-electron chi connectivity index (χ4n) is 0.665. The molecule has 1 rings (SSSR count). The first-order valence-electron chi connectivity index (χ1n) is 3.20. The summed E-state index contributed by atoms with van der Waals surface area (Å²) in [5, 5.41) is 0. The first-order chi connectivity index (χ1) is 3.70. The molecule has 1 aliphatic carbocycles. The van der Waals surface area contributed by atoms with Crippen molar-refractivity contribution in [3.63, 3.8) is 0 Å². The van der Waals surface area contributed by atoms with Crippen LogP contribution < -0.4 is 0 Å². The van der Waals surface area contributed by atoms with E-state index in [2.05, 4.69) is 0 Å². The van der Waals surface area contributed by atoms with Crippen LogP contribution >= 0.6 is 0 Å². The molecule has 0 saturated heterocycles. The van der Waals surface area contributed by atoms with Gasteiger partial charge in [-0.1, -0.05) is 6.40 Å². The summed E-state index contributed by atoms with van der Waals surface area (Å²) in [5.41, 5.74) is 0. The predicted octanol–water partition coefficient (Wildman–Crippen LogP) is 1.38. The number of carbonyl (C=O) groups is 1. The van der Waals surface area contributed by atoms with E-state index in [-0.39, 0.29) is 18.1 Å².